The molecule has 46 heavy (non-hydrogen) atoms. The van der Waals surface area contributed by atoms with Gasteiger partial charge >= 0.3 is 0 Å². The average molecular weight is 627 g/mol. The second-order valence-corrected chi connectivity index (χ2v) is 10.8. The molecule has 14 nitrogen and oxygen atoms in total. The molecule has 0 radical (unpaired) electrons. The number of imidazole rings is 1. The van der Waals surface area contributed by atoms with E-state index in [2.05, 4.69) is 47.6 Å². The van der Waals surface area contributed by atoms with Gasteiger partial charge in [-0.3, -0.25) is 14.6 Å². The second-order valence-electron chi connectivity index (χ2n) is 10.8. The number of carbonyl (C=O) groups is 2. The summed E-state index contributed by atoms with van der Waals surface area (Å²) < 4.78 is 5.59. The van der Waals surface area contributed by atoms with Crippen LogP contribution in [-0.2, 0) is 22.4 Å². The summed E-state index contributed by atoms with van der Waals surface area (Å²) in [5.74, 6) is 5.36. The Morgan fingerprint density at radius 2 is 1.85 bits per heavy atom. The van der Waals surface area contributed by atoms with E-state index in [9.17, 15) is 14.7 Å². The first-order valence-electron chi connectivity index (χ1n) is 14.7. The van der Waals surface area contributed by atoms with E-state index in [1.54, 1.807) is 32.2 Å². The van der Waals surface area contributed by atoms with Crippen molar-refractivity contribution in [3.05, 3.63) is 94.7 Å². The van der Waals surface area contributed by atoms with Gasteiger partial charge in [-0.05, 0) is 55.5 Å². The zero-order valence-corrected chi connectivity index (χ0v) is 25.7. The Kier molecular flexibility index (Phi) is 11.5. The molecule has 3 atom stereocenters. The number of aromatic hydroxyl groups is 1. The number of guanidine groups is 1. The minimum Gasteiger partial charge on any atom is -0.508 e. The van der Waals surface area contributed by atoms with Gasteiger partial charge in [-0.1, -0.05) is 47.3 Å². The van der Waals surface area contributed by atoms with Crippen LogP contribution in [0.25, 0.3) is 0 Å². The van der Waals surface area contributed by atoms with Crippen LogP contribution in [0.3, 0.4) is 0 Å². The highest BCUT2D eigenvalue weighted by Gasteiger charge is 2.28. The molecule has 2 amide bonds. The third-order valence-electron chi connectivity index (χ3n) is 6.99. The Bertz CT molecular complexity index is 1680. The summed E-state index contributed by atoms with van der Waals surface area (Å²) in [5.41, 5.74) is 20.6. The van der Waals surface area contributed by atoms with Crippen LogP contribution in [0.4, 0.5) is 0 Å². The first-order valence-corrected chi connectivity index (χ1v) is 14.7. The van der Waals surface area contributed by atoms with Crippen LogP contribution in [0.15, 0.2) is 64.5 Å². The summed E-state index contributed by atoms with van der Waals surface area (Å²) in [6.07, 6.45) is 4.55. The van der Waals surface area contributed by atoms with E-state index in [1.807, 2.05) is 30.3 Å². The Morgan fingerprint density at radius 3 is 2.52 bits per heavy atom. The number of nitrogens with two attached hydrogens (primary N) is 3. The number of phenols is 1. The highest BCUT2D eigenvalue weighted by molar-refractivity contribution is 5.92. The van der Waals surface area contributed by atoms with Crippen molar-refractivity contribution in [1.29, 1.82) is 0 Å². The quantitative estimate of drug-likeness (QED) is 0.0481. The molecule has 0 bridgehead atoms. The van der Waals surface area contributed by atoms with E-state index in [-0.39, 0.29) is 30.4 Å². The Labute approximate surface area is 266 Å². The van der Waals surface area contributed by atoms with Crippen LogP contribution in [0.1, 0.15) is 58.5 Å². The molecule has 14 heteroatoms. The largest absolute Gasteiger partial charge is 0.508 e. The van der Waals surface area contributed by atoms with Crippen molar-refractivity contribution in [2.24, 2.45) is 22.2 Å². The van der Waals surface area contributed by atoms with Gasteiger partial charge in [0.15, 0.2) is 17.8 Å². The van der Waals surface area contributed by atoms with Gasteiger partial charge in [0.2, 0.25) is 11.8 Å². The number of aromatic nitrogens is 4. The summed E-state index contributed by atoms with van der Waals surface area (Å²) in [6, 6.07) is 9.78. The van der Waals surface area contributed by atoms with Crippen molar-refractivity contribution in [3.63, 3.8) is 0 Å². The molecule has 2 heterocycles. The number of amides is 2. The first kappa shape index (κ1) is 33.2. The van der Waals surface area contributed by atoms with Gasteiger partial charge < -0.3 is 42.4 Å². The van der Waals surface area contributed by atoms with Gasteiger partial charge in [0.05, 0.1) is 12.4 Å². The number of H-pyrrole nitrogens is 1. The molecule has 4 aromatic rings. The summed E-state index contributed by atoms with van der Waals surface area (Å²) in [4.78, 5) is 42.5. The molecule has 2 aromatic carbocycles. The lowest BCUT2D eigenvalue weighted by Gasteiger charge is -2.20. The third kappa shape index (κ3) is 9.66. The van der Waals surface area contributed by atoms with Gasteiger partial charge in [-0.15, -0.1) is 0 Å². The van der Waals surface area contributed by atoms with E-state index in [0.29, 0.717) is 47.6 Å². The predicted octanol–water partition coefficient (Wildman–Crippen LogP) is 1.02. The number of phenolic OH excluding ortho intramolecular Hbond substituents is 1. The summed E-state index contributed by atoms with van der Waals surface area (Å²) >= 11 is 0. The number of carbonyl (C=O) groups excluding carboxylic acids is 2. The molecule has 4 rings (SSSR count). The number of hydrogen-bond acceptors (Lipinski definition) is 9. The first-order chi connectivity index (χ1) is 22.1. The van der Waals surface area contributed by atoms with Crippen LogP contribution >= 0.6 is 0 Å². The second kappa shape index (κ2) is 15.9. The summed E-state index contributed by atoms with van der Waals surface area (Å²) in [6.45, 7) is 3.89. The molecule has 2 aromatic heterocycles. The lowest BCUT2D eigenvalue weighted by atomic mass is 10.0. The molecule has 0 fully saturated rings. The monoisotopic (exact) mass is 626 g/mol. The lowest BCUT2D eigenvalue weighted by Crippen LogP contribution is -2.51. The average Bonchev–Trinajstić information content (AvgIpc) is 3.70. The smallest absolute Gasteiger partial charge is 0.255 e. The van der Waals surface area contributed by atoms with Gasteiger partial charge in [-0.2, -0.15) is 4.98 Å². The molecular weight excluding hydrogens is 588 g/mol. The topological polar surface area (TPSA) is 236 Å². The normalized spacial score (nSPS) is 12.7. The van der Waals surface area contributed by atoms with Crippen LogP contribution in [0.5, 0.6) is 5.75 Å². The van der Waals surface area contributed by atoms with Crippen LogP contribution in [0.2, 0.25) is 0 Å². The van der Waals surface area contributed by atoms with Crippen molar-refractivity contribution in [1.82, 2.24) is 30.7 Å². The standard InChI is InChI=1S/C32H38N10O4/c1-19-13-23(43)14-20(2)24(19)10-11-26(39-29(44)25(33)9-6-12-37-32(34)35)30(45)40-27(16-22-17-36-18-38-22)31-41-28(42-46-31)15-21-7-4-3-5-8-21/h3-5,7-8,13-14,17-18,25-27,43H,6,9,12,15-16,33H2,1-2H3,(H,36,38)(H,39,44)(H,40,45)(H4,34,35,37)/t25-,26+,27+/m1/s1. The van der Waals surface area contributed by atoms with Gasteiger partial charge in [0.25, 0.3) is 5.91 Å². The Hall–Kier alpha value is -5.68. The maximum absolute atomic E-state index is 13.8. The number of hydrogen-bond donors (Lipinski definition) is 7. The number of rotatable bonds is 13. The van der Waals surface area contributed by atoms with Crippen molar-refractivity contribution in [3.8, 4) is 17.6 Å². The molecule has 0 unspecified atom stereocenters. The van der Waals surface area contributed by atoms with Crippen molar-refractivity contribution in [2.75, 3.05) is 6.54 Å². The molecule has 0 saturated heterocycles. The highest BCUT2D eigenvalue weighted by atomic mass is 16.5. The molecule has 10 N–H and O–H groups in total. The van der Waals surface area contributed by atoms with Crippen LogP contribution < -0.4 is 27.8 Å². The van der Waals surface area contributed by atoms with E-state index in [4.69, 9.17) is 21.7 Å². The maximum Gasteiger partial charge on any atom is 0.255 e. The summed E-state index contributed by atoms with van der Waals surface area (Å²) in [7, 11) is 0. The minimum atomic E-state index is -1.31. The third-order valence-corrected chi connectivity index (χ3v) is 6.99. The van der Waals surface area contributed by atoms with Gasteiger partial charge in [-0.25, -0.2) is 4.98 Å². The van der Waals surface area contributed by atoms with E-state index >= 15 is 0 Å². The van der Waals surface area contributed by atoms with Gasteiger partial charge in [0, 0.05) is 36.8 Å². The fourth-order valence-corrected chi connectivity index (χ4v) is 4.68. The van der Waals surface area contributed by atoms with Gasteiger partial charge in [0.1, 0.15) is 11.8 Å². The maximum atomic E-state index is 13.8. The molecule has 0 aliphatic carbocycles. The molecule has 0 spiro atoms. The molecule has 0 aliphatic heterocycles. The SMILES string of the molecule is Cc1cc(O)cc(C)c1C#C[C@H](NC(=O)[C@H](N)CCCN=C(N)N)C(=O)N[C@@H](Cc1cnc[nH]1)c1nc(Cc2ccccc2)no1. The Morgan fingerprint density at radius 1 is 1.11 bits per heavy atom. The zero-order chi connectivity index (χ0) is 33.1. The number of benzene rings is 2. The predicted molar refractivity (Wildman–Crippen MR) is 171 cm³/mol. The summed E-state index contributed by atoms with van der Waals surface area (Å²) in [5, 5.41) is 19.6. The van der Waals surface area contributed by atoms with E-state index < -0.39 is 29.9 Å². The van der Waals surface area contributed by atoms with Crippen molar-refractivity contribution < 1.29 is 19.2 Å². The fourth-order valence-electron chi connectivity index (χ4n) is 4.68. The van der Waals surface area contributed by atoms with Crippen molar-refractivity contribution in [2.45, 2.75) is 57.7 Å². The number of aromatic amines is 1. The van der Waals surface area contributed by atoms with E-state index in [0.717, 1.165) is 5.56 Å². The molecule has 0 aliphatic rings. The highest BCUT2D eigenvalue weighted by Crippen LogP contribution is 2.20. The van der Waals surface area contributed by atoms with Crippen LogP contribution in [0, 0.1) is 25.7 Å². The zero-order valence-electron chi connectivity index (χ0n) is 25.7. The number of nitrogens with zero attached hydrogens (tertiary/aromatic N) is 4. The number of aliphatic imine (C=N–C) groups is 1. The van der Waals surface area contributed by atoms with Crippen molar-refractivity contribution >= 4 is 17.8 Å². The molecule has 0 saturated carbocycles. The molecular formula is C32H38N10O4. The minimum absolute atomic E-state index is 0.0528. The lowest BCUT2D eigenvalue weighted by molar-refractivity contribution is -0.128. The fraction of sp³-hybridized carbons (Fsp3) is 0.312. The number of aryl methyl sites for hydroxylation is 2. The molecule has 240 valence electrons. The number of nitrogens with one attached hydrogen (secondary N) is 3. The van der Waals surface area contributed by atoms with Crippen LogP contribution in [-0.4, -0.2) is 61.6 Å². The Balaban J connectivity index is 1.58. The van der Waals surface area contributed by atoms with E-state index in [1.165, 1.54) is 6.33 Å².